The molecule has 3 aromatic heterocycles. The lowest BCUT2D eigenvalue weighted by atomic mass is 10.0. The molecule has 0 radical (unpaired) electrons. The fourth-order valence-corrected chi connectivity index (χ4v) is 6.11. The van der Waals surface area contributed by atoms with E-state index in [4.69, 9.17) is 0 Å². The molecule has 0 unspecified atom stereocenters. The highest BCUT2D eigenvalue weighted by atomic mass is 32.2. The van der Waals surface area contributed by atoms with Crippen LogP contribution in [0.15, 0.2) is 41.7 Å². The average Bonchev–Trinajstić information content (AvgIpc) is 3.37. The van der Waals surface area contributed by atoms with Crippen molar-refractivity contribution in [2.24, 2.45) is 0 Å². The molecule has 186 valence electrons. The van der Waals surface area contributed by atoms with Gasteiger partial charge in [0.05, 0.1) is 11.8 Å². The van der Waals surface area contributed by atoms with Crippen LogP contribution in [0.4, 0.5) is 19.0 Å². The number of sulfone groups is 1. The van der Waals surface area contributed by atoms with Crippen molar-refractivity contribution in [2.45, 2.75) is 43.1 Å². The summed E-state index contributed by atoms with van der Waals surface area (Å²) in [6, 6.07) is 9.29. The number of benzene rings is 1. The normalized spacial score (nSPS) is 16.3. The van der Waals surface area contributed by atoms with E-state index < -0.39 is 22.4 Å². The van der Waals surface area contributed by atoms with Gasteiger partial charge in [0, 0.05) is 47.7 Å². The van der Waals surface area contributed by atoms with E-state index >= 15 is 0 Å². The molecule has 0 amide bonds. The SMILES string of the molecule is CS(=O)(=O)c1cc2cc(CN3CCC(Nc4ncnc5sc(CC(F)(F)F)cc45)CC3)ccc2[nH]1. The van der Waals surface area contributed by atoms with Crippen LogP contribution in [0.25, 0.3) is 21.1 Å². The highest BCUT2D eigenvalue weighted by Crippen LogP contribution is 2.33. The van der Waals surface area contributed by atoms with E-state index in [9.17, 15) is 21.6 Å². The van der Waals surface area contributed by atoms with Gasteiger partial charge in [-0.05, 0) is 42.7 Å². The molecule has 4 heterocycles. The first-order chi connectivity index (χ1) is 16.5. The molecule has 7 nitrogen and oxygen atoms in total. The minimum absolute atomic E-state index is 0.166. The molecule has 2 N–H and O–H groups in total. The Morgan fingerprint density at radius 2 is 1.94 bits per heavy atom. The number of hydrogen-bond donors (Lipinski definition) is 2. The van der Waals surface area contributed by atoms with Gasteiger partial charge in [-0.25, -0.2) is 18.4 Å². The molecule has 1 fully saturated rings. The van der Waals surface area contributed by atoms with Crippen molar-refractivity contribution < 1.29 is 21.6 Å². The third kappa shape index (κ3) is 5.60. The number of hydrogen-bond acceptors (Lipinski definition) is 7. The largest absolute Gasteiger partial charge is 0.393 e. The second-order valence-electron chi connectivity index (χ2n) is 8.97. The van der Waals surface area contributed by atoms with Gasteiger partial charge < -0.3 is 10.3 Å². The Hall–Kier alpha value is -2.70. The van der Waals surface area contributed by atoms with Crippen molar-refractivity contribution in [3.8, 4) is 0 Å². The lowest BCUT2D eigenvalue weighted by Gasteiger charge is -2.32. The van der Waals surface area contributed by atoms with Crippen LogP contribution < -0.4 is 5.32 Å². The standard InChI is InChI=1S/C23H24F3N5O2S2/c1-35(32,33)20-9-15-8-14(2-3-19(15)30-20)12-31-6-4-16(5-7-31)29-21-18-10-17(11-23(24,25)26)34-22(18)28-13-27-21/h2-3,8-10,13,16,30H,4-7,11-12H2,1H3,(H,27,28,29). The summed E-state index contributed by atoms with van der Waals surface area (Å²) in [6.45, 7) is 2.47. The zero-order valence-corrected chi connectivity index (χ0v) is 20.5. The van der Waals surface area contributed by atoms with Gasteiger partial charge in [0.15, 0.2) is 9.84 Å². The Labute approximate surface area is 204 Å². The van der Waals surface area contributed by atoms with Gasteiger partial charge in [-0.3, -0.25) is 4.90 Å². The monoisotopic (exact) mass is 523 g/mol. The van der Waals surface area contributed by atoms with E-state index in [1.54, 1.807) is 6.07 Å². The molecule has 0 atom stereocenters. The highest BCUT2D eigenvalue weighted by molar-refractivity contribution is 7.90. The molecular weight excluding hydrogens is 499 g/mol. The van der Waals surface area contributed by atoms with Crippen LogP contribution >= 0.6 is 11.3 Å². The molecule has 0 aliphatic carbocycles. The summed E-state index contributed by atoms with van der Waals surface area (Å²) in [5.41, 5.74) is 1.90. The molecule has 0 bridgehead atoms. The van der Waals surface area contributed by atoms with Crippen molar-refractivity contribution in [3.05, 3.63) is 47.1 Å². The summed E-state index contributed by atoms with van der Waals surface area (Å²) < 4.78 is 62.0. The zero-order valence-electron chi connectivity index (χ0n) is 18.9. The Morgan fingerprint density at radius 1 is 1.17 bits per heavy atom. The average molecular weight is 524 g/mol. The van der Waals surface area contributed by atoms with Crippen LogP contribution in [0.2, 0.25) is 0 Å². The van der Waals surface area contributed by atoms with Crippen LogP contribution in [0.3, 0.4) is 0 Å². The number of thiophene rings is 1. The fourth-order valence-electron chi connectivity index (χ4n) is 4.45. The van der Waals surface area contributed by atoms with Crippen molar-refractivity contribution in [3.63, 3.8) is 0 Å². The molecule has 35 heavy (non-hydrogen) atoms. The molecule has 4 aromatic rings. The summed E-state index contributed by atoms with van der Waals surface area (Å²) in [5.74, 6) is 0.581. The first-order valence-corrected chi connectivity index (χ1v) is 13.8. The molecule has 5 rings (SSSR count). The van der Waals surface area contributed by atoms with Crippen molar-refractivity contribution in [2.75, 3.05) is 24.7 Å². The van der Waals surface area contributed by atoms with Gasteiger partial charge in [-0.1, -0.05) is 6.07 Å². The third-order valence-corrected chi connectivity index (χ3v) is 8.21. The maximum atomic E-state index is 12.8. The first kappa shape index (κ1) is 24.0. The molecule has 0 spiro atoms. The number of aromatic amines is 1. The predicted octanol–water partition coefficient (Wildman–Crippen LogP) is 4.76. The van der Waals surface area contributed by atoms with Gasteiger partial charge in [0.25, 0.3) is 0 Å². The number of nitrogens with one attached hydrogen (secondary N) is 2. The maximum absolute atomic E-state index is 12.8. The Bertz CT molecular complexity index is 1470. The summed E-state index contributed by atoms with van der Waals surface area (Å²) in [4.78, 5) is 14.5. The number of alkyl halides is 3. The predicted molar refractivity (Wildman–Crippen MR) is 131 cm³/mol. The number of nitrogens with zero attached hydrogens (tertiary/aromatic N) is 3. The summed E-state index contributed by atoms with van der Waals surface area (Å²) in [6.07, 6.45) is -0.902. The van der Waals surface area contributed by atoms with Crippen LogP contribution in [0.1, 0.15) is 23.3 Å². The second-order valence-corrected chi connectivity index (χ2v) is 12.1. The van der Waals surface area contributed by atoms with E-state index in [-0.39, 0.29) is 15.9 Å². The molecule has 1 saturated heterocycles. The van der Waals surface area contributed by atoms with E-state index in [0.29, 0.717) is 16.0 Å². The van der Waals surface area contributed by atoms with Crippen LogP contribution in [-0.4, -0.2) is 59.8 Å². The van der Waals surface area contributed by atoms with Crippen molar-refractivity contribution in [1.29, 1.82) is 0 Å². The van der Waals surface area contributed by atoms with E-state index in [1.165, 1.54) is 18.6 Å². The van der Waals surface area contributed by atoms with E-state index in [0.717, 1.165) is 60.3 Å². The second kappa shape index (κ2) is 9.07. The Morgan fingerprint density at radius 3 is 2.66 bits per heavy atom. The molecule has 1 aliphatic heterocycles. The van der Waals surface area contributed by atoms with Gasteiger partial charge in [-0.2, -0.15) is 13.2 Å². The van der Waals surface area contributed by atoms with Crippen molar-refractivity contribution in [1.82, 2.24) is 19.9 Å². The summed E-state index contributed by atoms with van der Waals surface area (Å²) >= 11 is 1.05. The van der Waals surface area contributed by atoms with Gasteiger partial charge >= 0.3 is 6.18 Å². The topological polar surface area (TPSA) is 91.0 Å². The van der Waals surface area contributed by atoms with Crippen LogP contribution in [0, 0.1) is 0 Å². The molecular formula is C23H24F3N5O2S2. The molecule has 0 saturated carbocycles. The van der Waals surface area contributed by atoms with E-state index in [1.807, 2.05) is 18.2 Å². The zero-order chi connectivity index (χ0) is 24.8. The molecule has 1 aliphatic rings. The molecule has 1 aromatic carbocycles. The Kier molecular flexibility index (Phi) is 6.22. The number of fused-ring (bicyclic) bond motifs is 2. The van der Waals surface area contributed by atoms with Crippen LogP contribution in [-0.2, 0) is 22.8 Å². The number of likely N-dealkylation sites (tertiary alicyclic amines) is 1. The summed E-state index contributed by atoms with van der Waals surface area (Å²) in [7, 11) is -3.29. The number of H-pyrrole nitrogens is 1. The maximum Gasteiger partial charge on any atom is 0.393 e. The third-order valence-electron chi connectivity index (χ3n) is 6.15. The van der Waals surface area contributed by atoms with Crippen LogP contribution in [0.5, 0.6) is 0 Å². The van der Waals surface area contributed by atoms with Gasteiger partial charge in [0.2, 0.25) is 0 Å². The number of rotatable bonds is 6. The smallest absolute Gasteiger partial charge is 0.367 e. The number of aromatic nitrogens is 3. The van der Waals surface area contributed by atoms with E-state index in [2.05, 4.69) is 25.2 Å². The van der Waals surface area contributed by atoms with Gasteiger partial charge in [0.1, 0.15) is 22.0 Å². The quantitative estimate of drug-likeness (QED) is 0.379. The summed E-state index contributed by atoms with van der Waals surface area (Å²) in [5, 5.41) is 5.13. The number of piperidine rings is 1. The molecule has 12 heteroatoms. The van der Waals surface area contributed by atoms with Gasteiger partial charge in [-0.15, -0.1) is 11.3 Å². The first-order valence-electron chi connectivity index (χ1n) is 11.1. The number of anilines is 1. The fraction of sp³-hybridized carbons (Fsp3) is 0.391. The minimum atomic E-state index is -4.25. The lowest BCUT2D eigenvalue weighted by molar-refractivity contribution is -0.126. The van der Waals surface area contributed by atoms with Crippen molar-refractivity contribution >= 4 is 48.1 Å². The lowest BCUT2D eigenvalue weighted by Crippen LogP contribution is -2.38. The highest BCUT2D eigenvalue weighted by Gasteiger charge is 2.29. The number of halogens is 3. The Balaban J connectivity index is 1.21. The minimum Gasteiger partial charge on any atom is -0.367 e.